The molecule has 0 spiro atoms. The van der Waals surface area contributed by atoms with Crippen molar-refractivity contribution in [2.45, 2.75) is 13.5 Å². The SMILES string of the molecule is Cc1ccc(C(=O)Nc2cnn(C(F)F)c2)cc1Cl. The molecule has 0 atom stereocenters. The minimum absolute atomic E-state index is 0.196. The van der Waals surface area contributed by atoms with Crippen LogP contribution in [0.3, 0.4) is 0 Å². The van der Waals surface area contributed by atoms with Crippen molar-refractivity contribution in [1.29, 1.82) is 0 Å². The van der Waals surface area contributed by atoms with Gasteiger partial charge in [0.15, 0.2) is 0 Å². The van der Waals surface area contributed by atoms with E-state index in [4.69, 9.17) is 11.6 Å². The molecule has 2 rings (SSSR count). The fourth-order valence-corrected chi connectivity index (χ4v) is 1.63. The van der Waals surface area contributed by atoms with E-state index in [1.807, 2.05) is 6.92 Å². The highest BCUT2D eigenvalue weighted by Crippen LogP contribution is 2.18. The third-order valence-corrected chi connectivity index (χ3v) is 2.90. The van der Waals surface area contributed by atoms with Crippen LogP contribution in [0.2, 0.25) is 5.02 Å². The first-order valence-electron chi connectivity index (χ1n) is 5.37. The molecule has 1 N–H and O–H groups in total. The third-order valence-electron chi connectivity index (χ3n) is 2.49. The minimum Gasteiger partial charge on any atom is -0.319 e. The summed E-state index contributed by atoms with van der Waals surface area (Å²) in [5.41, 5.74) is 1.39. The van der Waals surface area contributed by atoms with Crippen LogP contribution in [0.15, 0.2) is 30.6 Å². The van der Waals surface area contributed by atoms with Crippen LogP contribution in [0.4, 0.5) is 14.5 Å². The number of alkyl halides is 2. The highest BCUT2D eigenvalue weighted by atomic mass is 35.5. The molecule has 1 amide bonds. The van der Waals surface area contributed by atoms with Crippen LogP contribution in [0, 0.1) is 6.92 Å². The van der Waals surface area contributed by atoms with Crippen molar-refractivity contribution < 1.29 is 13.6 Å². The zero-order chi connectivity index (χ0) is 14.0. The zero-order valence-corrected chi connectivity index (χ0v) is 10.7. The van der Waals surface area contributed by atoms with Crippen LogP contribution in [0.1, 0.15) is 22.5 Å². The summed E-state index contributed by atoms with van der Waals surface area (Å²) in [5.74, 6) is -0.435. The Balaban J connectivity index is 2.13. The first-order chi connectivity index (χ1) is 8.97. The van der Waals surface area contributed by atoms with Crippen molar-refractivity contribution in [3.8, 4) is 0 Å². The van der Waals surface area contributed by atoms with Crippen LogP contribution in [-0.4, -0.2) is 15.7 Å². The molecule has 19 heavy (non-hydrogen) atoms. The Morgan fingerprint density at radius 3 is 2.79 bits per heavy atom. The number of carbonyl (C=O) groups is 1. The Morgan fingerprint density at radius 1 is 1.47 bits per heavy atom. The molecular weight excluding hydrogens is 276 g/mol. The second-order valence-corrected chi connectivity index (χ2v) is 4.31. The lowest BCUT2D eigenvalue weighted by atomic mass is 10.1. The number of aryl methyl sites for hydroxylation is 1. The van der Waals surface area contributed by atoms with Crippen molar-refractivity contribution in [3.63, 3.8) is 0 Å². The Bertz CT molecular complexity index is 613. The number of aromatic nitrogens is 2. The average molecular weight is 286 g/mol. The van der Waals surface area contributed by atoms with Crippen molar-refractivity contribution in [2.75, 3.05) is 5.32 Å². The maximum absolute atomic E-state index is 12.3. The van der Waals surface area contributed by atoms with Gasteiger partial charge in [-0.25, -0.2) is 4.68 Å². The second kappa shape index (κ2) is 5.36. The number of hydrogen-bond acceptors (Lipinski definition) is 2. The second-order valence-electron chi connectivity index (χ2n) is 3.90. The van der Waals surface area contributed by atoms with Gasteiger partial charge in [-0.15, -0.1) is 0 Å². The summed E-state index contributed by atoms with van der Waals surface area (Å²) in [5, 5.41) is 6.35. The number of carbonyl (C=O) groups excluding carboxylic acids is 1. The van der Waals surface area contributed by atoms with Gasteiger partial charge in [0.1, 0.15) is 0 Å². The Hall–Kier alpha value is -1.95. The topological polar surface area (TPSA) is 46.9 Å². The van der Waals surface area contributed by atoms with Crippen molar-refractivity contribution >= 4 is 23.2 Å². The molecule has 4 nitrogen and oxygen atoms in total. The molecule has 0 bridgehead atoms. The van der Waals surface area contributed by atoms with E-state index in [2.05, 4.69) is 10.4 Å². The van der Waals surface area contributed by atoms with Crippen LogP contribution in [0.5, 0.6) is 0 Å². The van der Waals surface area contributed by atoms with E-state index in [0.29, 0.717) is 15.3 Å². The normalized spacial score (nSPS) is 10.8. The maximum Gasteiger partial charge on any atom is 0.333 e. The molecule has 0 aliphatic rings. The molecule has 100 valence electrons. The largest absolute Gasteiger partial charge is 0.333 e. The van der Waals surface area contributed by atoms with Gasteiger partial charge >= 0.3 is 6.55 Å². The van der Waals surface area contributed by atoms with Gasteiger partial charge < -0.3 is 5.32 Å². The van der Waals surface area contributed by atoms with E-state index in [-0.39, 0.29) is 5.69 Å². The number of nitrogens with zero attached hydrogens (tertiary/aromatic N) is 2. The fourth-order valence-electron chi connectivity index (χ4n) is 1.45. The van der Waals surface area contributed by atoms with Crippen LogP contribution >= 0.6 is 11.6 Å². The van der Waals surface area contributed by atoms with Gasteiger partial charge in [0, 0.05) is 10.6 Å². The zero-order valence-electron chi connectivity index (χ0n) is 9.90. The molecule has 0 saturated heterocycles. The first kappa shape index (κ1) is 13.5. The van der Waals surface area contributed by atoms with E-state index in [1.165, 1.54) is 6.07 Å². The molecule has 1 heterocycles. The van der Waals surface area contributed by atoms with Crippen LogP contribution in [-0.2, 0) is 0 Å². The number of hydrogen-bond donors (Lipinski definition) is 1. The number of halogens is 3. The van der Waals surface area contributed by atoms with Gasteiger partial charge in [-0.1, -0.05) is 17.7 Å². The lowest BCUT2D eigenvalue weighted by Crippen LogP contribution is -2.11. The Kier molecular flexibility index (Phi) is 3.80. The number of rotatable bonds is 3. The molecule has 0 saturated carbocycles. The van der Waals surface area contributed by atoms with Gasteiger partial charge in [-0.3, -0.25) is 4.79 Å². The lowest BCUT2D eigenvalue weighted by molar-refractivity contribution is 0.0566. The van der Waals surface area contributed by atoms with E-state index >= 15 is 0 Å². The van der Waals surface area contributed by atoms with Crippen molar-refractivity contribution in [2.24, 2.45) is 0 Å². The third kappa shape index (κ3) is 3.08. The molecule has 7 heteroatoms. The molecule has 0 aliphatic heterocycles. The van der Waals surface area contributed by atoms with Crippen molar-refractivity contribution in [1.82, 2.24) is 9.78 Å². The molecule has 0 aliphatic carbocycles. The predicted octanol–water partition coefficient (Wildman–Crippen LogP) is 3.49. The Labute approximate surface area is 113 Å². The first-order valence-corrected chi connectivity index (χ1v) is 5.75. The molecular formula is C12H10ClF2N3O. The summed E-state index contributed by atoms with van der Waals surface area (Å²) in [7, 11) is 0. The fraction of sp³-hybridized carbons (Fsp3) is 0.167. The summed E-state index contributed by atoms with van der Waals surface area (Å²) in [6, 6.07) is 4.83. The number of amides is 1. The summed E-state index contributed by atoms with van der Waals surface area (Å²) in [6.07, 6.45) is 2.21. The van der Waals surface area contributed by atoms with Gasteiger partial charge in [0.05, 0.1) is 18.1 Å². The van der Waals surface area contributed by atoms with E-state index in [9.17, 15) is 13.6 Å². The van der Waals surface area contributed by atoms with Gasteiger partial charge in [0.25, 0.3) is 5.91 Å². The lowest BCUT2D eigenvalue weighted by Gasteiger charge is -2.04. The molecule has 2 aromatic rings. The Morgan fingerprint density at radius 2 is 2.21 bits per heavy atom. The molecule has 1 aromatic heterocycles. The number of anilines is 1. The maximum atomic E-state index is 12.3. The molecule has 0 radical (unpaired) electrons. The van der Waals surface area contributed by atoms with E-state index in [0.717, 1.165) is 18.0 Å². The van der Waals surface area contributed by atoms with Gasteiger partial charge in [-0.2, -0.15) is 13.9 Å². The standard InChI is InChI=1S/C12H10ClF2N3O/c1-7-2-3-8(4-10(7)13)11(19)17-9-5-16-18(6-9)12(14)15/h2-6,12H,1H3,(H,17,19). The van der Waals surface area contributed by atoms with Gasteiger partial charge in [0.2, 0.25) is 0 Å². The van der Waals surface area contributed by atoms with Crippen LogP contribution in [0.25, 0.3) is 0 Å². The monoisotopic (exact) mass is 285 g/mol. The average Bonchev–Trinajstić information content (AvgIpc) is 2.81. The summed E-state index contributed by atoms with van der Waals surface area (Å²) >= 11 is 5.91. The minimum atomic E-state index is -2.74. The van der Waals surface area contributed by atoms with Crippen molar-refractivity contribution in [3.05, 3.63) is 46.7 Å². The van der Waals surface area contributed by atoms with E-state index < -0.39 is 12.5 Å². The van der Waals surface area contributed by atoms with Crippen LogP contribution < -0.4 is 5.32 Å². The summed E-state index contributed by atoms with van der Waals surface area (Å²) in [6.45, 7) is -0.920. The van der Waals surface area contributed by atoms with E-state index in [1.54, 1.807) is 12.1 Å². The predicted molar refractivity (Wildman–Crippen MR) is 67.6 cm³/mol. The molecule has 0 fully saturated rings. The smallest absolute Gasteiger partial charge is 0.319 e. The molecule has 0 unspecified atom stereocenters. The quantitative estimate of drug-likeness (QED) is 0.938. The highest BCUT2D eigenvalue weighted by molar-refractivity contribution is 6.31. The summed E-state index contributed by atoms with van der Waals surface area (Å²) < 4.78 is 25.1. The number of nitrogens with one attached hydrogen (secondary N) is 1. The highest BCUT2D eigenvalue weighted by Gasteiger charge is 2.11. The molecule has 1 aromatic carbocycles. The summed E-state index contributed by atoms with van der Waals surface area (Å²) in [4.78, 5) is 11.9. The number of benzene rings is 1. The van der Waals surface area contributed by atoms with Gasteiger partial charge in [-0.05, 0) is 24.6 Å².